The first kappa shape index (κ1) is 86.6. The number of rotatable bonds is 16. The number of aliphatic carboxylic acids is 1. The number of likely N-dealkylation sites (tertiary alicyclic amines) is 3. The first-order chi connectivity index (χ1) is 37.0. The van der Waals surface area contributed by atoms with Crippen molar-refractivity contribution >= 4 is 117 Å². The van der Waals surface area contributed by atoms with Crippen molar-refractivity contribution < 1.29 is 98.7 Å². The minimum absolute atomic E-state index is 0. The normalized spacial score (nSPS) is 18.1. The van der Waals surface area contributed by atoms with Crippen molar-refractivity contribution in [2.45, 2.75) is 208 Å². The summed E-state index contributed by atoms with van der Waals surface area (Å²) in [6.45, 7) is 19.8. The molecule has 2 N–H and O–H groups in total. The Hall–Kier alpha value is -4.16. The molecule has 0 aromatic carbocycles. The van der Waals surface area contributed by atoms with Crippen molar-refractivity contribution in [3.8, 4) is 0 Å². The summed E-state index contributed by atoms with van der Waals surface area (Å²) in [4.78, 5) is 140. The fourth-order valence-electron chi connectivity index (χ4n) is 8.02. The van der Waals surface area contributed by atoms with E-state index in [0.29, 0.717) is 57.8 Å². The number of halogens is 3. The molecule has 4 unspecified atom stereocenters. The molecule has 0 spiro atoms. The van der Waals surface area contributed by atoms with Gasteiger partial charge >= 0.3 is 70.0 Å². The largest absolute Gasteiger partial charge is 2.00 e. The molecule has 3 amide bonds. The molecule has 470 valence electrons. The molecule has 4 heterocycles. The van der Waals surface area contributed by atoms with Crippen LogP contribution in [0.4, 0.5) is 0 Å². The van der Waals surface area contributed by atoms with Crippen molar-refractivity contribution in [1.82, 2.24) is 20.0 Å². The van der Waals surface area contributed by atoms with Gasteiger partial charge in [-0.2, -0.15) is 20.3 Å². The number of carbonyl (C=O) groups excluding carboxylic acids is 11. The Kier molecular flexibility index (Phi) is 49.8. The number of piperidine rings is 4. The van der Waals surface area contributed by atoms with E-state index in [1.165, 1.54) is 63.4 Å². The summed E-state index contributed by atoms with van der Waals surface area (Å²) in [6, 6.07) is -0.449. The van der Waals surface area contributed by atoms with E-state index in [1.54, 1.807) is 32.6 Å². The number of methoxy groups -OCH3 is 5. The van der Waals surface area contributed by atoms with Crippen LogP contribution < -0.4 is 17.7 Å². The van der Waals surface area contributed by atoms with Gasteiger partial charge in [0.15, 0.2) is 0 Å². The van der Waals surface area contributed by atoms with Crippen molar-refractivity contribution in [3.05, 3.63) is 5.92 Å². The number of hydrogen-bond acceptors (Lipinski definition) is 18. The zero-order valence-electron chi connectivity index (χ0n) is 51.2. The number of carboxylic acids is 1. The molecule has 82 heavy (non-hydrogen) atoms. The molecule has 4 fully saturated rings. The van der Waals surface area contributed by atoms with Crippen LogP contribution in [0.25, 0.3) is 0 Å². The average Bonchev–Trinajstić information content (AvgIpc) is 3.44. The van der Waals surface area contributed by atoms with Crippen LogP contribution in [0.2, 0.25) is 0 Å². The van der Waals surface area contributed by atoms with Crippen molar-refractivity contribution in [3.63, 3.8) is 0 Å². The summed E-state index contributed by atoms with van der Waals surface area (Å²) in [6.07, 6.45) is 14.2. The number of ether oxygens (including phenoxy) is 5. The van der Waals surface area contributed by atoms with Gasteiger partial charge in [-0.25, -0.2) is 9.59 Å². The summed E-state index contributed by atoms with van der Waals surface area (Å²) in [7, 11) is 6.33. The number of amides is 3. The minimum Gasteiger partial charge on any atom is -1.00 e. The number of carboxylic acid groups (broad SMARTS) is 1. The predicted octanol–water partition coefficient (Wildman–Crippen LogP) is 3.56. The molecule has 4 atom stereocenters. The second-order valence-electron chi connectivity index (χ2n) is 21.0. The van der Waals surface area contributed by atoms with Gasteiger partial charge in [0.25, 0.3) is 11.8 Å². The van der Waals surface area contributed by atoms with E-state index < -0.39 is 57.5 Å². The third-order valence-electron chi connectivity index (χ3n) is 14.2. The zero-order chi connectivity index (χ0) is 61.1. The Morgan fingerprint density at radius 1 is 0.524 bits per heavy atom. The molecule has 0 aromatic heterocycles. The van der Waals surface area contributed by atoms with E-state index >= 15 is 0 Å². The van der Waals surface area contributed by atoms with E-state index in [1.807, 2.05) is 13.8 Å². The topological polar surface area (TPSA) is 293 Å². The summed E-state index contributed by atoms with van der Waals surface area (Å²) in [5, 5.41) is 11.1. The molecular formula is C56H95Cl3MgN4O18. The Bertz CT molecular complexity index is 1990. The van der Waals surface area contributed by atoms with E-state index in [9.17, 15) is 57.5 Å². The number of carbonyl (C=O) groups is 12. The summed E-state index contributed by atoms with van der Waals surface area (Å²) < 4.78 is 22.1. The van der Waals surface area contributed by atoms with Gasteiger partial charge in [0.1, 0.15) is 0 Å². The third kappa shape index (κ3) is 34.6. The van der Waals surface area contributed by atoms with Crippen LogP contribution in [0.15, 0.2) is 0 Å². The first-order valence-electron chi connectivity index (χ1n) is 27.3. The Labute approximate surface area is 520 Å². The molecular weight excluding hydrogens is 1150 g/mol. The van der Waals surface area contributed by atoms with E-state index in [2.05, 4.69) is 61.4 Å². The van der Waals surface area contributed by atoms with Crippen molar-refractivity contribution in [2.75, 3.05) is 61.7 Å². The fourth-order valence-corrected chi connectivity index (χ4v) is 8.10. The third-order valence-corrected chi connectivity index (χ3v) is 14.3. The smallest absolute Gasteiger partial charge is 1.00 e. The van der Waals surface area contributed by atoms with Gasteiger partial charge in [-0.3, -0.25) is 47.9 Å². The summed E-state index contributed by atoms with van der Waals surface area (Å²) in [5.74, 6) is -4.57. The maximum Gasteiger partial charge on any atom is 2.00 e. The molecule has 4 aliphatic heterocycles. The molecule has 4 aliphatic rings. The number of hydrogen-bond donors (Lipinski definition) is 2. The quantitative estimate of drug-likeness (QED) is 0.0558. The Morgan fingerprint density at radius 2 is 0.854 bits per heavy atom. The number of Topliss-reactive ketones (excluding diaryl/α,β-unsaturated/α-hetero) is 2. The van der Waals surface area contributed by atoms with Crippen molar-refractivity contribution in [2.24, 2.45) is 10.8 Å². The predicted molar refractivity (Wildman–Crippen MR) is 307 cm³/mol. The van der Waals surface area contributed by atoms with Gasteiger partial charge in [-0.1, -0.05) is 54.9 Å². The van der Waals surface area contributed by atoms with E-state index in [4.69, 9.17) is 5.11 Å². The monoisotopic (exact) mass is 1240 g/mol. The minimum atomic E-state index is -1.09. The van der Waals surface area contributed by atoms with Crippen LogP contribution in [0.5, 0.6) is 0 Å². The van der Waals surface area contributed by atoms with Crippen LogP contribution in [0.3, 0.4) is 0 Å². The number of nitrogens with zero attached hydrogens (tertiary/aromatic N) is 3. The van der Waals surface area contributed by atoms with Gasteiger partial charge in [-0.15, -0.1) is 12.4 Å². The molecule has 26 heteroatoms. The second-order valence-corrected chi connectivity index (χ2v) is 21.3. The molecule has 0 radical (unpaired) electrons. The number of ketones is 2. The van der Waals surface area contributed by atoms with Gasteiger partial charge in [-0.05, 0) is 102 Å². The van der Waals surface area contributed by atoms with Gasteiger partial charge < -0.3 is 67.1 Å². The molecule has 0 bridgehead atoms. The second kappa shape index (κ2) is 47.1. The molecule has 0 saturated carbocycles. The molecule has 0 aromatic rings. The first-order valence-corrected chi connectivity index (χ1v) is 27.7. The SMILES string of the molecule is CCC(C)(C)C(=O)C(=O)N1CCCCC1CC(=O)O.CCC(C)(C)C(=O)C(=O)N1CCCCC1CC(=O)OC.CC[C-](C)C.COC(=O)C(=O)Cl.COC(=O)CC1CCCCN1.COC(=O)CC1CCCCN1C(=O)C(=O)OC.Cl.[Cl-].[Mg+2]. The Morgan fingerprint density at radius 3 is 1.12 bits per heavy atom. The maximum absolute atomic E-state index is 12.4. The summed E-state index contributed by atoms with van der Waals surface area (Å²) in [5.41, 5.74) is -1.33. The fraction of sp³-hybridized carbons (Fsp3) is 0.768. The van der Waals surface area contributed by atoms with Crippen LogP contribution in [0, 0.1) is 16.7 Å². The van der Waals surface area contributed by atoms with Gasteiger partial charge in [0.2, 0.25) is 11.6 Å². The molecule has 4 rings (SSSR count). The van der Waals surface area contributed by atoms with Crippen LogP contribution in [0.1, 0.15) is 184 Å². The standard InChI is InChI=1S/C15H25NO4.C14H23NO4.C11H17NO5.C8H15NO2.C5H11.C3H3ClO3.2ClH.Mg/c1-5-15(2,3)13(18)14(19)16-9-7-6-8-11(16)10-12(17)20-4;1-4-14(2,3)12(18)13(19)15-8-6-5-7-10(15)9-11(16)17;1-16-9(13)7-8-5-3-4-6-12(8)10(14)11(15)17-2;1-11-8(10)6-7-4-2-3-5-9-7;1-4-5(2)3;1-7-3(6)2(4)5;;;/h11H,5-10H2,1-4H3;10H,4-9H2,1-3H3,(H,16,17);8H,3-7H2,1-2H3;7,9H,2-6H2,1H3;4H2,1-3H3;1H3;2*1H;/q;;;;-1;;;;+2/p-1. The number of esters is 5. The molecule has 0 aliphatic carbocycles. The Balaban J connectivity index is -0.000000301. The van der Waals surface area contributed by atoms with Crippen molar-refractivity contribution in [1.29, 1.82) is 0 Å². The van der Waals surface area contributed by atoms with Gasteiger partial charge in [0.05, 0.1) is 61.2 Å². The zero-order valence-corrected chi connectivity index (χ0v) is 54.9. The summed E-state index contributed by atoms with van der Waals surface area (Å²) >= 11 is 4.61. The average molecular weight is 1240 g/mol. The van der Waals surface area contributed by atoms with E-state index in [-0.39, 0.29) is 109 Å². The number of nitrogens with one attached hydrogen (secondary N) is 1. The maximum atomic E-state index is 12.4. The van der Waals surface area contributed by atoms with Crippen LogP contribution in [-0.4, -0.2) is 199 Å². The van der Waals surface area contributed by atoms with Crippen LogP contribution >= 0.6 is 24.0 Å². The molecule has 4 saturated heterocycles. The van der Waals surface area contributed by atoms with E-state index in [0.717, 1.165) is 65.0 Å². The van der Waals surface area contributed by atoms with Gasteiger partial charge in [0, 0.05) is 54.6 Å². The molecule has 22 nitrogen and oxygen atoms in total. The van der Waals surface area contributed by atoms with Crippen LogP contribution in [-0.2, 0) is 81.2 Å².